The van der Waals surface area contributed by atoms with Gasteiger partial charge >= 0.3 is 0 Å². The van der Waals surface area contributed by atoms with E-state index in [1.54, 1.807) is 30.9 Å². The first-order valence-corrected chi connectivity index (χ1v) is 10.5. The molecule has 158 valence electrons. The van der Waals surface area contributed by atoms with E-state index >= 15 is 0 Å². The molecule has 5 heteroatoms. The number of carbonyl (C=O) groups is 2. The molecule has 0 N–H and O–H groups in total. The number of rotatable bonds is 8. The number of hydrogen-bond donors (Lipinski definition) is 0. The van der Waals surface area contributed by atoms with Gasteiger partial charge in [-0.25, -0.2) is 0 Å². The molecule has 4 aromatic rings. The summed E-state index contributed by atoms with van der Waals surface area (Å²) in [5.41, 5.74) is 5.74. The monoisotopic (exact) mass is 421 g/mol. The van der Waals surface area contributed by atoms with Crippen LogP contribution in [0, 0.1) is 6.92 Å². The predicted molar refractivity (Wildman–Crippen MR) is 123 cm³/mol. The Morgan fingerprint density at radius 2 is 1.53 bits per heavy atom. The van der Waals surface area contributed by atoms with Gasteiger partial charge < -0.3 is 0 Å². The van der Waals surface area contributed by atoms with E-state index < -0.39 is 0 Å². The largest absolute Gasteiger partial charge is 0.294 e. The summed E-state index contributed by atoms with van der Waals surface area (Å²) >= 11 is 0. The minimum absolute atomic E-state index is 0.212. The molecule has 0 aliphatic heterocycles. The molecule has 0 saturated heterocycles. The first kappa shape index (κ1) is 21.2. The summed E-state index contributed by atoms with van der Waals surface area (Å²) in [6, 6.07) is 19.4. The van der Waals surface area contributed by atoms with Crippen LogP contribution < -0.4 is 0 Å². The highest BCUT2D eigenvalue weighted by molar-refractivity contribution is 6.13. The molecule has 0 spiro atoms. The van der Waals surface area contributed by atoms with Gasteiger partial charge in [0.05, 0.1) is 12.1 Å². The van der Waals surface area contributed by atoms with Gasteiger partial charge in [-0.15, -0.1) is 0 Å². The van der Waals surface area contributed by atoms with Crippen LogP contribution in [0.15, 0.2) is 85.5 Å². The smallest absolute Gasteiger partial charge is 0.188 e. The van der Waals surface area contributed by atoms with Crippen molar-refractivity contribution in [1.82, 2.24) is 15.0 Å². The number of ketones is 2. The van der Waals surface area contributed by atoms with E-state index in [1.165, 1.54) is 0 Å². The second-order valence-electron chi connectivity index (χ2n) is 7.82. The molecule has 2 heterocycles. The van der Waals surface area contributed by atoms with Crippen molar-refractivity contribution >= 4 is 11.6 Å². The maximum Gasteiger partial charge on any atom is 0.188 e. The van der Waals surface area contributed by atoms with Crippen LogP contribution in [0.1, 0.15) is 55.2 Å². The molecule has 5 nitrogen and oxygen atoms in total. The Kier molecular flexibility index (Phi) is 6.56. The Morgan fingerprint density at radius 3 is 2.25 bits per heavy atom. The third-order valence-electron chi connectivity index (χ3n) is 5.15. The summed E-state index contributed by atoms with van der Waals surface area (Å²) < 4.78 is 0. The Balaban J connectivity index is 1.61. The number of pyridine rings is 1. The Labute approximate surface area is 187 Å². The second kappa shape index (κ2) is 9.88. The SMILES string of the molecule is Cc1ccnc(C(=O)CC(=O)c2cc(Cc3ccccc3)cc(Cc3cnccn3)c2)c1. The number of aryl methyl sites for hydroxylation is 1. The molecule has 2 aromatic heterocycles. The normalized spacial score (nSPS) is 10.7. The fraction of sp³-hybridized carbons (Fsp3) is 0.148. The summed E-state index contributed by atoms with van der Waals surface area (Å²) in [6.07, 6.45) is 7.64. The van der Waals surface area contributed by atoms with Crippen molar-refractivity contribution in [1.29, 1.82) is 0 Å². The van der Waals surface area contributed by atoms with Gasteiger partial charge in [0.25, 0.3) is 0 Å². The first-order chi connectivity index (χ1) is 15.6. The number of nitrogens with zero attached hydrogens (tertiary/aromatic N) is 3. The van der Waals surface area contributed by atoms with Gasteiger partial charge in [-0.05, 0) is 59.9 Å². The molecule has 0 amide bonds. The van der Waals surface area contributed by atoms with E-state index in [4.69, 9.17) is 0 Å². The topological polar surface area (TPSA) is 72.8 Å². The van der Waals surface area contributed by atoms with Crippen LogP contribution in [0.4, 0.5) is 0 Å². The molecule has 32 heavy (non-hydrogen) atoms. The fourth-order valence-electron chi connectivity index (χ4n) is 3.62. The lowest BCUT2D eigenvalue weighted by atomic mass is 9.94. The van der Waals surface area contributed by atoms with Crippen LogP contribution in [0.5, 0.6) is 0 Å². The van der Waals surface area contributed by atoms with Crippen LogP contribution in [-0.2, 0) is 12.8 Å². The van der Waals surface area contributed by atoms with Gasteiger partial charge in [0.15, 0.2) is 11.6 Å². The summed E-state index contributed by atoms with van der Waals surface area (Å²) in [4.78, 5) is 38.3. The lowest BCUT2D eigenvalue weighted by Gasteiger charge is -2.10. The molecular formula is C27H23N3O2. The average molecular weight is 422 g/mol. The molecule has 0 aliphatic carbocycles. The zero-order chi connectivity index (χ0) is 22.3. The van der Waals surface area contributed by atoms with Gasteiger partial charge in [0, 0.05) is 36.8 Å². The summed E-state index contributed by atoms with van der Waals surface area (Å²) in [5.74, 6) is -0.490. The molecule has 0 bridgehead atoms. The van der Waals surface area contributed by atoms with Crippen molar-refractivity contribution in [2.24, 2.45) is 0 Å². The number of carbonyl (C=O) groups excluding carboxylic acids is 2. The van der Waals surface area contributed by atoms with Crippen molar-refractivity contribution in [2.45, 2.75) is 26.2 Å². The number of aromatic nitrogens is 3. The van der Waals surface area contributed by atoms with E-state index in [0.717, 1.165) is 27.9 Å². The molecule has 0 radical (unpaired) electrons. The van der Waals surface area contributed by atoms with Gasteiger partial charge in [-0.3, -0.25) is 24.5 Å². The van der Waals surface area contributed by atoms with Crippen LogP contribution in [0.3, 0.4) is 0 Å². The van der Waals surface area contributed by atoms with Crippen molar-refractivity contribution in [3.63, 3.8) is 0 Å². The van der Waals surface area contributed by atoms with Gasteiger partial charge in [0.2, 0.25) is 0 Å². The lowest BCUT2D eigenvalue weighted by Crippen LogP contribution is -2.11. The Bertz CT molecular complexity index is 1180. The molecule has 4 rings (SSSR count). The van der Waals surface area contributed by atoms with Gasteiger partial charge in [0.1, 0.15) is 5.69 Å². The fourth-order valence-corrected chi connectivity index (χ4v) is 3.62. The third-order valence-corrected chi connectivity index (χ3v) is 5.15. The predicted octanol–water partition coefficient (Wildman–Crippen LogP) is 4.82. The summed E-state index contributed by atoms with van der Waals surface area (Å²) in [5, 5.41) is 0. The Hall–Kier alpha value is -3.99. The maximum atomic E-state index is 13.0. The Morgan fingerprint density at radius 1 is 0.750 bits per heavy atom. The minimum atomic E-state index is -0.275. The third kappa shape index (κ3) is 5.58. The summed E-state index contributed by atoms with van der Waals surface area (Å²) in [6.45, 7) is 1.89. The molecule has 0 aliphatic rings. The highest BCUT2D eigenvalue weighted by atomic mass is 16.1. The molecule has 0 fully saturated rings. The van der Waals surface area contributed by atoms with E-state index in [2.05, 4.69) is 33.2 Å². The molecule has 0 atom stereocenters. The van der Waals surface area contributed by atoms with Crippen LogP contribution >= 0.6 is 0 Å². The maximum absolute atomic E-state index is 13.0. The van der Waals surface area contributed by atoms with Crippen LogP contribution in [0.2, 0.25) is 0 Å². The van der Waals surface area contributed by atoms with Crippen molar-refractivity contribution < 1.29 is 9.59 Å². The van der Waals surface area contributed by atoms with Crippen molar-refractivity contribution in [3.8, 4) is 0 Å². The zero-order valence-electron chi connectivity index (χ0n) is 17.9. The minimum Gasteiger partial charge on any atom is -0.294 e. The molecule has 2 aromatic carbocycles. The van der Waals surface area contributed by atoms with E-state index in [9.17, 15) is 9.59 Å². The molecule has 0 saturated carbocycles. The van der Waals surface area contributed by atoms with Crippen LogP contribution in [0.25, 0.3) is 0 Å². The summed E-state index contributed by atoms with van der Waals surface area (Å²) in [7, 11) is 0. The van der Waals surface area contributed by atoms with E-state index in [0.29, 0.717) is 24.1 Å². The highest BCUT2D eigenvalue weighted by Gasteiger charge is 2.17. The zero-order valence-corrected chi connectivity index (χ0v) is 17.9. The number of hydrogen-bond acceptors (Lipinski definition) is 5. The molecule has 0 unspecified atom stereocenters. The second-order valence-corrected chi connectivity index (χ2v) is 7.82. The first-order valence-electron chi connectivity index (χ1n) is 10.5. The van der Waals surface area contributed by atoms with E-state index in [-0.39, 0.29) is 18.0 Å². The average Bonchev–Trinajstić information content (AvgIpc) is 2.80. The van der Waals surface area contributed by atoms with Gasteiger partial charge in [-0.1, -0.05) is 36.4 Å². The van der Waals surface area contributed by atoms with Crippen molar-refractivity contribution in [2.75, 3.05) is 0 Å². The standard InChI is InChI=1S/C27H23N3O2/c1-19-7-8-30-25(11-19)27(32)17-26(31)23-14-21(12-20-5-3-2-4-6-20)13-22(15-23)16-24-18-28-9-10-29-24/h2-11,13-15,18H,12,16-17H2,1H3. The van der Waals surface area contributed by atoms with Crippen LogP contribution in [-0.4, -0.2) is 26.5 Å². The highest BCUT2D eigenvalue weighted by Crippen LogP contribution is 2.19. The van der Waals surface area contributed by atoms with Crippen molar-refractivity contribution in [3.05, 3.63) is 125 Å². The number of benzene rings is 2. The van der Waals surface area contributed by atoms with E-state index in [1.807, 2.05) is 43.3 Å². The number of Topliss-reactive ketones (excluding diaryl/α,β-unsaturated/α-hetero) is 2. The lowest BCUT2D eigenvalue weighted by molar-refractivity contribution is 0.0891. The quantitative estimate of drug-likeness (QED) is 0.301. The molecular weight excluding hydrogens is 398 g/mol. The van der Waals surface area contributed by atoms with Gasteiger partial charge in [-0.2, -0.15) is 0 Å².